The van der Waals surface area contributed by atoms with Crippen LogP contribution in [0.25, 0.3) is 11.0 Å². The van der Waals surface area contributed by atoms with Gasteiger partial charge in [0.05, 0.1) is 36.6 Å². The summed E-state index contributed by atoms with van der Waals surface area (Å²) in [6.07, 6.45) is 1.52. The van der Waals surface area contributed by atoms with Gasteiger partial charge in [-0.1, -0.05) is 0 Å². The van der Waals surface area contributed by atoms with Crippen molar-refractivity contribution in [2.45, 2.75) is 6.61 Å². The molecule has 0 saturated heterocycles. The minimum absolute atomic E-state index is 0.243. The Labute approximate surface area is 85.7 Å². The van der Waals surface area contributed by atoms with Gasteiger partial charge in [-0.3, -0.25) is 0 Å². The van der Waals surface area contributed by atoms with Crippen molar-refractivity contribution in [3.8, 4) is 0 Å². The molecule has 0 radical (unpaired) electrons. The van der Waals surface area contributed by atoms with E-state index < -0.39 is 5.97 Å². The van der Waals surface area contributed by atoms with Crippen LogP contribution < -0.4 is 0 Å². The Morgan fingerprint density at radius 1 is 1.60 bits per heavy atom. The van der Waals surface area contributed by atoms with E-state index in [9.17, 15) is 9.90 Å². The van der Waals surface area contributed by atoms with Gasteiger partial charge in [-0.2, -0.15) is 0 Å². The lowest BCUT2D eigenvalue weighted by Gasteiger charge is -2.05. The van der Waals surface area contributed by atoms with Gasteiger partial charge in [0.25, 0.3) is 0 Å². The number of rotatable bonds is 2. The Balaban J connectivity index is 2.69. The van der Waals surface area contributed by atoms with Crippen LogP contribution in [0.5, 0.6) is 0 Å². The molecule has 15 heavy (non-hydrogen) atoms. The number of aliphatic hydroxyl groups excluding tert-OH is 1. The van der Waals surface area contributed by atoms with Crippen molar-refractivity contribution in [3.05, 3.63) is 29.6 Å². The molecule has 0 unspecified atom stereocenters. The average Bonchev–Trinajstić information content (AvgIpc) is 2.74. The van der Waals surface area contributed by atoms with E-state index in [4.69, 9.17) is 0 Å². The Morgan fingerprint density at radius 2 is 2.40 bits per heavy atom. The fraction of sp³-hybridized carbons (Fsp3) is 0.200. The number of nitrogens with one attached hydrogen (secondary N) is 1. The predicted octanol–water partition coefficient (Wildman–Crippen LogP) is 0.842. The third kappa shape index (κ3) is 1.46. The number of carbonyl (C=O) groups is 1. The second-order valence-electron chi connectivity index (χ2n) is 3.04. The first-order valence-electron chi connectivity index (χ1n) is 4.42. The van der Waals surface area contributed by atoms with Crippen LogP contribution in [-0.2, 0) is 11.3 Å². The fourth-order valence-electron chi connectivity index (χ4n) is 1.53. The molecule has 0 aliphatic heterocycles. The van der Waals surface area contributed by atoms with E-state index in [1.165, 1.54) is 13.4 Å². The third-order valence-corrected chi connectivity index (χ3v) is 2.26. The topological polar surface area (TPSA) is 75.2 Å². The molecular weight excluding hydrogens is 196 g/mol. The summed E-state index contributed by atoms with van der Waals surface area (Å²) in [7, 11) is 1.30. The number of aliphatic hydroxyl groups is 1. The number of nitrogens with zero attached hydrogens (tertiary/aromatic N) is 1. The Morgan fingerprint density at radius 3 is 3.07 bits per heavy atom. The quantitative estimate of drug-likeness (QED) is 0.714. The second-order valence-corrected chi connectivity index (χ2v) is 3.04. The minimum atomic E-state index is -0.469. The molecule has 78 valence electrons. The van der Waals surface area contributed by atoms with E-state index in [0.717, 1.165) is 5.52 Å². The van der Waals surface area contributed by atoms with Crippen LogP contribution in [0.2, 0.25) is 0 Å². The van der Waals surface area contributed by atoms with E-state index in [1.807, 2.05) is 0 Å². The van der Waals surface area contributed by atoms with Crippen molar-refractivity contribution >= 4 is 17.0 Å². The lowest BCUT2D eigenvalue weighted by molar-refractivity contribution is 0.0597. The number of imidazole rings is 1. The largest absolute Gasteiger partial charge is 0.465 e. The van der Waals surface area contributed by atoms with Gasteiger partial charge in [-0.05, 0) is 12.1 Å². The summed E-state index contributed by atoms with van der Waals surface area (Å²) in [4.78, 5) is 18.3. The second kappa shape index (κ2) is 3.70. The molecular formula is C10H10N2O3. The molecule has 5 heteroatoms. The molecule has 5 nitrogen and oxygen atoms in total. The summed E-state index contributed by atoms with van der Waals surface area (Å²) in [5.74, 6) is -0.469. The average molecular weight is 206 g/mol. The Kier molecular flexibility index (Phi) is 2.39. The Bertz CT molecular complexity index is 504. The number of carbonyl (C=O) groups excluding carboxylic acids is 1. The molecule has 1 aromatic heterocycles. The fourth-order valence-corrected chi connectivity index (χ4v) is 1.53. The molecule has 1 aromatic carbocycles. The highest BCUT2D eigenvalue weighted by Crippen LogP contribution is 2.20. The molecule has 0 aliphatic rings. The number of aromatic nitrogens is 2. The molecule has 0 saturated carbocycles. The first-order chi connectivity index (χ1) is 7.27. The number of fused-ring (bicyclic) bond motifs is 1. The summed E-state index contributed by atoms with van der Waals surface area (Å²) in [5.41, 5.74) is 2.22. The van der Waals surface area contributed by atoms with E-state index in [2.05, 4.69) is 14.7 Å². The van der Waals surface area contributed by atoms with Gasteiger partial charge < -0.3 is 14.8 Å². The molecule has 0 spiro atoms. The van der Waals surface area contributed by atoms with Gasteiger partial charge >= 0.3 is 5.97 Å². The molecule has 0 aliphatic carbocycles. The van der Waals surface area contributed by atoms with Gasteiger partial charge in [-0.25, -0.2) is 9.78 Å². The van der Waals surface area contributed by atoms with Crippen molar-refractivity contribution in [2.24, 2.45) is 0 Å². The van der Waals surface area contributed by atoms with Gasteiger partial charge in [0.15, 0.2) is 0 Å². The first-order valence-corrected chi connectivity index (χ1v) is 4.42. The van der Waals surface area contributed by atoms with Crippen LogP contribution in [0.15, 0.2) is 18.5 Å². The van der Waals surface area contributed by atoms with Crippen molar-refractivity contribution < 1.29 is 14.6 Å². The number of H-pyrrole nitrogens is 1. The van der Waals surface area contributed by atoms with Gasteiger partial charge in [0.1, 0.15) is 0 Å². The van der Waals surface area contributed by atoms with Crippen molar-refractivity contribution in [1.82, 2.24) is 9.97 Å². The highest BCUT2D eigenvalue weighted by atomic mass is 16.5. The molecule has 0 amide bonds. The maximum absolute atomic E-state index is 11.4. The molecule has 2 aromatic rings. The summed E-state index contributed by atoms with van der Waals surface area (Å²) < 4.78 is 4.62. The van der Waals surface area contributed by atoms with E-state index in [0.29, 0.717) is 16.6 Å². The maximum Gasteiger partial charge on any atom is 0.338 e. The van der Waals surface area contributed by atoms with E-state index in [1.54, 1.807) is 12.1 Å². The summed E-state index contributed by atoms with van der Waals surface area (Å²) >= 11 is 0. The lowest BCUT2D eigenvalue weighted by Crippen LogP contribution is -2.06. The molecule has 1 heterocycles. The predicted molar refractivity (Wildman–Crippen MR) is 53.4 cm³/mol. The number of ether oxygens (including phenoxy) is 1. The summed E-state index contributed by atoms with van der Waals surface area (Å²) in [6, 6.07) is 3.34. The van der Waals surface area contributed by atoms with Gasteiger partial charge in [0.2, 0.25) is 0 Å². The molecule has 0 atom stereocenters. The van der Waals surface area contributed by atoms with Gasteiger partial charge in [-0.15, -0.1) is 0 Å². The first kappa shape index (κ1) is 9.67. The van der Waals surface area contributed by atoms with E-state index >= 15 is 0 Å². The van der Waals surface area contributed by atoms with Crippen LogP contribution in [0.1, 0.15) is 15.9 Å². The molecule has 2 rings (SSSR count). The summed E-state index contributed by atoms with van der Waals surface area (Å²) in [5, 5.41) is 9.22. The number of aromatic amines is 1. The number of benzene rings is 1. The number of methoxy groups -OCH3 is 1. The highest BCUT2D eigenvalue weighted by molar-refractivity contribution is 5.96. The molecule has 2 N–H and O–H groups in total. The van der Waals surface area contributed by atoms with Crippen molar-refractivity contribution in [3.63, 3.8) is 0 Å². The molecule has 0 bridgehead atoms. The minimum Gasteiger partial charge on any atom is -0.465 e. The third-order valence-electron chi connectivity index (χ3n) is 2.26. The normalized spacial score (nSPS) is 10.5. The SMILES string of the molecule is COC(=O)c1ccc2[nH]cnc2c1CO. The Hall–Kier alpha value is -1.88. The smallest absolute Gasteiger partial charge is 0.338 e. The monoisotopic (exact) mass is 206 g/mol. The highest BCUT2D eigenvalue weighted by Gasteiger charge is 2.15. The number of esters is 1. The van der Waals surface area contributed by atoms with Crippen LogP contribution in [0.4, 0.5) is 0 Å². The standard InChI is InChI=1S/C10H10N2O3/c1-15-10(14)6-2-3-8-9(7(6)4-13)12-5-11-8/h2-3,5,13H,4H2,1H3,(H,11,12). The zero-order valence-electron chi connectivity index (χ0n) is 8.15. The zero-order chi connectivity index (χ0) is 10.8. The van der Waals surface area contributed by atoms with Crippen molar-refractivity contribution in [1.29, 1.82) is 0 Å². The van der Waals surface area contributed by atoms with Crippen LogP contribution in [0, 0.1) is 0 Å². The van der Waals surface area contributed by atoms with Gasteiger partial charge in [0, 0.05) is 5.56 Å². The van der Waals surface area contributed by atoms with Crippen molar-refractivity contribution in [2.75, 3.05) is 7.11 Å². The summed E-state index contributed by atoms with van der Waals surface area (Å²) in [6.45, 7) is -0.243. The lowest BCUT2D eigenvalue weighted by atomic mass is 10.1. The van der Waals surface area contributed by atoms with E-state index in [-0.39, 0.29) is 6.61 Å². The van der Waals surface area contributed by atoms with Crippen LogP contribution in [-0.4, -0.2) is 28.2 Å². The molecule has 0 fully saturated rings. The number of hydrogen-bond acceptors (Lipinski definition) is 4. The maximum atomic E-state index is 11.4. The zero-order valence-corrected chi connectivity index (χ0v) is 8.15. The van der Waals surface area contributed by atoms with Crippen LogP contribution >= 0.6 is 0 Å². The number of hydrogen-bond donors (Lipinski definition) is 2. The van der Waals surface area contributed by atoms with Crippen LogP contribution in [0.3, 0.4) is 0 Å².